The van der Waals surface area contributed by atoms with E-state index in [1.54, 1.807) is 0 Å². The number of rotatable bonds is 4. The molecule has 2 rings (SSSR count). The number of aliphatic hydroxyl groups is 1. The van der Waals surface area contributed by atoms with Gasteiger partial charge in [0.25, 0.3) is 5.69 Å². The van der Waals surface area contributed by atoms with Crippen LogP contribution in [0, 0.1) is 10.1 Å². The first kappa shape index (κ1) is 14.9. The van der Waals surface area contributed by atoms with Crippen molar-refractivity contribution in [1.82, 2.24) is 4.72 Å². The summed E-state index contributed by atoms with van der Waals surface area (Å²) in [6, 6.07) is 4.17. The van der Waals surface area contributed by atoms with E-state index in [2.05, 4.69) is 4.72 Å². The Bertz CT molecular complexity index is 584. The van der Waals surface area contributed by atoms with Gasteiger partial charge in [0.15, 0.2) is 0 Å². The summed E-state index contributed by atoms with van der Waals surface area (Å²) in [6.07, 6.45) is 2.24. The van der Waals surface area contributed by atoms with Crippen LogP contribution < -0.4 is 4.72 Å². The summed E-state index contributed by atoms with van der Waals surface area (Å²) in [5, 5.41) is 20.3. The molecule has 0 radical (unpaired) electrons. The summed E-state index contributed by atoms with van der Waals surface area (Å²) in [4.78, 5) is 9.90. The molecule has 1 aromatic rings. The molecule has 110 valence electrons. The Morgan fingerprint density at radius 3 is 2.35 bits per heavy atom. The maximum absolute atomic E-state index is 12.1. The Balaban J connectivity index is 2.15. The number of nitro groups is 1. The van der Waals surface area contributed by atoms with Crippen molar-refractivity contribution in [3.63, 3.8) is 0 Å². The lowest BCUT2D eigenvalue weighted by molar-refractivity contribution is -0.384. The third-order valence-electron chi connectivity index (χ3n) is 3.39. The minimum Gasteiger partial charge on any atom is -0.391 e. The third kappa shape index (κ3) is 3.33. The van der Waals surface area contributed by atoms with Crippen molar-refractivity contribution in [2.45, 2.75) is 42.7 Å². The molecule has 0 aliphatic heterocycles. The van der Waals surface area contributed by atoms with E-state index in [1.807, 2.05) is 0 Å². The van der Waals surface area contributed by atoms with Gasteiger partial charge in [0, 0.05) is 18.2 Å². The van der Waals surface area contributed by atoms with Crippen molar-refractivity contribution in [3.05, 3.63) is 34.4 Å². The molecule has 1 fully saturated rings. The SMILES string of the molecule is O=[N+]([O-])c1ccc(S(=O)(=O)N[C@H]2CCCC[C@@H]2O)cc1. The van der Waals surface area contributed by atoms with Gasteiger partial charge in [-0.3, -0.25) is 10.1 Å². The summed E-state index contributed by atoms with van der Waals surface area (Å²) in [6.45, 7) is 0. The maximum atomic E-state index is 12.1. The Morgan fingerprint density at radius 1 is 1.20 bits per heavy atom. The number of benzene rings is 1. The molecule has 1 aromatic carbocycles. The zero-order valence-corrected chi connectivity index (χ0v) is 11.5. The summed E-state index contributed by atoms with van der Waals surface area (Å²) in [5.41, 5.74) is -0.165. The van der Waals surface area contributed by atoms with Crippen LogP contribution in [0.1, 0.15) is 25.7 Å². The summed E-state index contributed by atoms with van der Waals surface area (Å²) >= 11 is 0. The normalized spacial score (nSPS) is 23.4. The second-order valence-corrected chi connectivity index (χ2v) is 6.54. The first-order chi connectivity index (χ1) is 9.40. The number of nitrogens with zero attached hydrogens (tertiary/aromatic N) is 1. The molecule has 0 amide bonds. The van der Waals surface area contributed by atoms with Gasteiger partial charge in [-0.1, -0.05) is 12.8 Å². The Kier molecular flexibility index (Phi) is 4.36. The summed E-state index contributed by atoms with van der Waals surface area (Å²) in [7, 11) is -3.77. The summed E-state index contributed by atoms with van der Waals surface area (Å²) < 4.78 is 26.7. The molecular formula is C12H16N2O5S. The van der Waals surface area contributed by atoms with Crippen LogP contribution in [0.2, 0.25) is 0 Å². The smallest absolute Gasteiger partial charge is 0.269 e. The number of nitro benzene ring substituents is 1. The van der Waals surface area contributed by atoms with E-state index in [4.69, 9.17) is 0 Å². The van der Waals surface area contributed by atoms with Crippen LogP contribution in [0.4, 0.5) is 5.69 Å². The molecule has 2 N–H and O–H groups in total. The van der Waals surface area contributed by atoms with Crippen LogP contribution in [0.5, 0.6) is 0 Å². The fourth-order valence-corrected chi connectivity index (χ4v) is 3.57. The van der Waals surface area contributed by atoms with Gasteiger partial charge in [0.2, 0.25) is 10.0 Å². The van der Waals surface area contributed by atoms with E-state index in [0.717, 1.165) is 25.0 Å². The van der Waals surface area contributed by atoms with Crippen molar-refractivity contribution < 1.29 is 18.4 Å². The fraction of sp³-hybridized carbons (Fsp3) is 0.500. The average Bonchev–Trinajstić information content (AvgIpc) is 2.41. The highest BCUT2D eigenvalue weighted by Gasteiger charge is 2.28. The standard InChI is InChI=1S/C12H16N2O5S/c15-12-4-2-1-3-11(12)13-20(18,19)10-7-5-9(6-8-10)14(16)17/h5-8,11-13,15H,1-4H2/t11-,12-/m0/s1. The van der Waals surface area contributed by atoms with Crippen molar-refractivity contribution in [3.8, 4) is 0 Å². The zero-order valence-electron chi connectivity index (χ0n) is 10.7. The highest BCUT2D eigenvalue weighted by atomic mass is 32.2. The van der Waals surface area contributed by atoms with Crippen LogP contribution in [0.25, 0.3) is 0 Å². The lowest BCUT2D eigenvalue weighted by Crippen LogP contribution is -2.44. The minimum atomic E-state index is -3.77. The van der Waals surface area contributed by atoms with E-state index in [1.165, 1.54) is 12.1 Å². The Labute approximate surface area is 116 Å². The van der Waals surface area contributed by atoms with Crippen LogP contribution in [-0.4, -0.2) is 30.6 Å². The molecule has 0 saturated heterocycles. The van der Waals surface area contributed by atoms with Gasteiger partial charge in [0.05, 0.1) is 15.9 Å². The molecule has 1 aliphatic carbocycles. The third-order valence-corrected chi connectivity index (χ3v) is 4.90. The Morgan fingerprint density at radius 2 is 1.80 bits per heavy atom. The predicted octanol–water partition coefficient (Wildman–Crippen LogP) is 1.18. The van der Waals surface area contributed by atoms with E-state index in [0.29, 0.717) is 12.8 Å². The molecule has 20 heavy (non-hydrogen) atoms. The van der Waals surface area contributed by atoms with E-state index in [-0.39, 0.29) is 10.6 Å². The molecule has 0 unspecified atom stereocenters. The first-order valence-corrected chi connectivity index (χ1v) is 7.83. The van der Waals surface area contributed by atoms with Crippen molar-refractivity contribution in [2.24, 2.45) is 0 Å². The predicted molar refractivity (Wildman–Crippen MR) is 71.7 cm³/mol. The molecule has 0 aromatic heterocycles. The van der Waals surface area contributed by atoms with Crippen molar-refractivity contribution >= 4 is 15.7 Å². The van der Waals surface area contributed by atoms with Crippen molar-refractivity contribution in [2.75, 3.05) is 0 Å². The Hall–Kier alpha value is -1.51. The number of hydrogen-bond acceptors (Lipinski definition) is 5. The maximum Gasteiger partial charge on any atom is 0.269 e. The molecule has 1 aliphatic rings. The number of aliphatic hydroxyl groups excluding tert-OH is 1. The van der Waals surface area contributed by atoms with Gasteiger partial charge in [-0.25, -0.2) is 13.1 Å². The second-order valence-electron chi connectivity index (χ2n) is 4.83. The number of hydrogen-bond donors (Lipinski definition) is 2. The van der Waals surface area contributed by atoms with Gasteiger partial charge in [-0.15, -0.1) is 0 Å². The monoisotopic (exact) mass is 300 g/mol. The van der Waals surface area contributed by atoms with Gasteiger partial charge in [0.1, 0.15) is 0 Å². The van der Waals surface area contributed by atoms with E-state index in [9.17, 15) is 23.6 Å². The molecular weight excluding hydrogens is 284 g/mol. The van der Waals surface area contributed by atoms with Gasteiger partial charge < -0.3 is 5.11 Å². The van der Waals surface area contributed by atoms with Crippen LogP contribution in [-0.2, 0) is 10.0 Å². The highest BCUT2D eigenvalue weighted by Crippen LogP contribution is 2.21. The number of sulfonamides is 1. The molecule has 8 heteroatoms. The lowest BCUT2D eigenvalue weighted by atomic mass is 9.93. The number of nitrogens with one attached hydrogen (secondary N) is 1. The average molecular weight is 300 g/mol. The van der Waals surface area contributed by atoms with Gasteiger partial charge in [-0.2, -0.15) is 0 Å². The lowest BCUT2D eigenvalue weighted by Gasteiger charge is -2.28. The van der Waals surface area contributed by atoms with Crippen LogP contribution >= 0.6 is 0 Å². The first-order valence-electron chi connectivity index (χ1n) is 6.35. The van der Waals surface area contributed by atoms with E-state index >= 15 is 0 Å². The summed E-state index contributed by atoms with van der Waals surface area (Å²) in [5.74, 6) is 0. The zero-order chi connectivity index (χ0) is 14.8. The molecule has 0 bridgehead atoms. The molecule has 2 atom stereocenters. The molecule has 1 saturated carbocycles. The molecule has 7 nitrogen and oxygen atoms in total. The largest absolute Gasteiger partial charge is 0.391 e. The van der Waals surface area contributed by atoms with Gasteiger partial charge >= 0.3 is 0 Å². The molecule has 0 heterocycles. The number of non-ortho nitro benzene ring substituents is 1. The van der Waals surface area contributed by atoms with Crippen LogP contribution in [0.3, 0.4) is 0 Å². The quantitative estimate of drug-likeness (QED) is 0.641. The molecule has 0 spiro atoms. The highest BCUT2D eigenvalue weighted by molar-refractivity contribution is 7.89. The van der Waals surface area contributed by atoms with Crippen LogP contribution in [0.15, 0.2) is 29.2 Å². The fourth-order valence-electron chi connectivity index (χ4n) is 2.26. The van der Waals surface area contributed by atoms with Gasteiger partial charge in [-0.05, 0) is 25.0 Å². The van der Waals surface area contributed by atoms with E-state index < -0.39 is 27.1 Å². The van der Waals surface area contributed by atoms with Crippen molar-refractivity contribution in [1.29, 1.82) is 0 Å². The second kappa shape index (κ2) is 5.86. The topological polar surface area (TPSA) is 110 Å². The minimum absolute atomic E-state index is 0.0409.